The third kappa shape index (κ3) is 4.07. The zero-order valence-electron chi connectivity index (χ0n) is 15.9. The highest BCUT2D eigenvalue weighted by molar-refractivity contribution is 9.12. The summed E-state index contributed by atoms with van der Waals surface area (Å²) in [6, 6.07) is 6.27. The number of ketones is 2. The summed E-state index contributed by atoms with van der Waals surface area (Å²) < 4.78 is 43.4. The van der Waals surface area contributed by atoms with Crippen molar-refractivity contribution in [1.82, 2.24) is 0 Å². The van der Waals surface area contributed by atoms with E-state index < -0.39 is 66.6 Å². The van der Waals surface area contributed by atoms with Crippen LogP contribution in [0.4, 0.5) is 0 Å². The van der Waals surface area contributed by atoms with Crippen molar-refractivity contribution >= 4 is 57.4 Å². The Morgan fingerprint density at radius 3 is 1.97 bits per heavy atom. The number of carbonyl (C=O) groups excluding carboxylic acids is 4. The van der Waals surface area contributed by atoms with Crippen LogP contribution in [0.3, 0.4) is 0 Å². The van der Waals surface area contributed by atoms with Crippen LogP contribution in [0.1, 0.15) is 31.8 Å². The van der Waals surface area contributed by atoms with Gasteiger partial charge in [0.15, 0.2) is 23.1 Å². The molecule has 3 rings (SSSR count). The molecule has 1 aliphatic carbocycles. The van der Waals surface area contributed by atoms with Gasteiger partial charge in [-0.05, 0) is 27.5 Å². The van der Waals surface area contributed by atoms with Gasteiger partial charge in [0, 0.05) is 16.7 Å². The van der Waals surface area contributed by atoms with Crippen molar-refractivity contribution in [1.29, 1.82) is 0 Å². The summed E-state index contributed by atoms with van der Waals surface area (Å²) >= 11 is 2.77. The summed E-state index contributed by atoms with van der Waals surface area (Å²) in [5.41, 5.74) is -1.85. The van der Waals surface area contributed by atoms with Gasteiger partial charge in [0.05, 0.1) is 10.0 Å². The second kappa shape index (κ2) is 8.30. The minimum absolute atomic E-state index is 0.0476. The van der Waals surface area contributed by atoms with Crippen LogP contribution in [0.2, 0.25) is 0 Å². The van der Waals surface area contributed by atoms with Gasteiger partial charge in [-0.1, -0.05) is 37.4 Å². The molecule has 1 N–H and O–H groups in total. The number of ether oxygens (including phenoxy) is 2. The van der Waals surface area contributed by atoms with E-state index >= 15 is 0 Å². The molecule has 0 amide bonds. The van der Waals surface area contributed by atoms with Crippen molar-refractivity contribution in [3.05, 3.63) is 75.7 Å². The van der Waals surface area contributed by atoms with E-state index in [9.17, 15) is 32.1 Å². The van der Waals surface area contributed by atoms with Crippen molar-refractivity contribution in [2.24, 2.45) is 0 Å². The Bertz CT molecular complexity index is 1380. The monoisotopic (exact) mass is 516 g/mol. The third-order valence-electron chi connectivity index (χ3n) is 4.24. The Morgan fingerprint density at radius 2 is 1.47 bits per heavy atom. The molecule has 2 radical (unpaired) electrons. The molecule has 1 aliphatic rings. The summed E-state index contributed by atoms with van der Waals surface area (Å²) in [5.74, 6) is -6.13. The fraction of sp³-hybridized carbons (Fsp3) is 0. The molecule has 0 saturated heterocycles. The minimum Gasteiger partial charge on any atom is -0.418 e. The first-order valence-electron chi connectivity index (χ1n) is 8.44. The maximum atomic E-state index is 13.2. The summed E-state index contributed by atoms with van der Waals surface area (Å²) in [6.07, 6.45) is 0. The van der Waals surface area contributed by atoms with E-state index in [1.165, 1.54) is 24.3 Å². The smallest absolute Gasteiger partial charge is 0.350 e. The average molecular weight is 517 g/mol. The number of benzene rings is 2. The molecule has 2 aromatic carbocycles. The Hall–Kier alpha value is -3.35. The SMILES string of the molecule is [B]C(=C)C(=O)Oc1c(S(=O)(=O)O)cc2c(c1OC(=O)C(=C)Br)C(=O)c1ccccc1C2=O. The molecule has 0 heterocycles. The van der Waals surface area contributed by atoms with Gasteiger partial charge in [-0.3, -0.25) is 14.1 Å². The van der Waals surface area contributed by atoms with Crippen LogP contribution in [0.15, 0.2) is 58.3 Å². The maximum Gasteiger partial charge on any atom is 0.350 e. The van der Waals surface area contributed by atoms with Crippen LogP contribution in [-0.4, -0.2) is 44.3 Å². The van der Waals surface area contributed by atoms with Crippen LogP contribution < -0.4 is 9.47 Å². The normalized spacial score (nSPS) is 12.4. The average Bonchev–Trinajstić information content (AvgIpc) is 2.71. The Labute approximate surface area is 191 Å². The summed E-state index contributed by atoms with van der Waals surface area (Å²) in [7, 11) is 0.0897. The molecule has 160 valence electrons. The number of carbonyl (C=O) groups is 4. The molecule has 0 aromatic heterocycles. The number of esters is 2. The fourth-order valence-electron chi connectivity index (χ4n) is 2.87. The lowest BCUT2D eigenvalue weighted by molar-refractivity contribution is -0.132. The Balaban J connectivity index is 2.45. The fourth-order valence-corrected chi connectivity index (χ4v) is 3.59. The van der Waals surface area contributed by atoms with Crippen LogP contribution in [-0.2, 0) is 19.7 Å². The number of halogens is 1. The van der Waals surface area contributed by atoms with Gasteiger partial charge < -0.3 is 9.47 Å². The largest absolute Gasteiger partial charge is 0.418 e. The molecule has 0 atom stereocenters. The third-order valence-corrected chi connectivity index (χ3v) is 5.42. The van der Waals surface area contributed by atoms with Gasteiger partial charge in [0.2, 0.25) is 0 Å². The lowest BCUT2D eigenvalue weighted by Crippen LogP contribution is -2.25. The molecular formula is C20H10BBrO9S. The maximum absolute atomic E-state index is 13.2. The van der Waals surface area contributed by atoms with Gasteiger partial charge in [-0.15, -0.1) is 0 Å². The van der Waals surface area contributed by atoms with Crippen molar-refractivity contribution in [2.75, 3.05) is 0 Å². The first-order chi connectivity index (χ1) is 14.8. The number of hydrogen-bond donors (Lipinski definition) is 1. The lowest BCUT2D eigenvalue weighted by Gasteiger charge is -2.23. The van der Waals surface area contributed by atoms with Crippen LogP contribution in [0.5, 0.6) is 11.5 Å². The number of hydrogen-bond acceptors (Lipinski definition) is 8. The van der Waals surface area contributed by atoms with Crippen molar-refractivity contribution in [3.63, 3.8) is 0 Å². The Morgan fingerprint density at radius 1 is 0.938 bits per heavy atom. The van der Waals surface area contributed by atoms with E-state index in [-0.39, 0.29) is 15.6 Å². The molecular weight excluding hydrogens is 507 g/mol. The van der Waals surface area contributed by atoms with Crippen molar-refractivity contribution in [3.8, 4) is 11.5 Å². The molecule has 2 aromatic rings. The first-order valence-corrected chi connectivity index (χ1v) is 10.7. The van der Waals surface area contributed by atoms with Crippen molar-refractivity contribution < 1.29 is 41.6 Å². The number of rotatable bonds is 5. The standard InChI is InChI=1S/C20H10BBrO9S/c1-8(21)19(25)30-17-13(32(27,28)29)7-12-14(18(17)31-20(26)9(2)22)16(24)11-6-4-3-5-10(11)15(12)23/h3-7H,1-2H2,(H,27,28,29). The second-order valence-electron chi connectivity index (χ2n) is 6.34. The van der Waals surface area contributed by atoms with E-state index in [1.54, 1.807) is 0 Å². The second-order valence-corrected chi connectivity index (χ2v) is 8.69. The molecule has 0 saturated carbocycles. The van der Waals surface area contributed by atoms with Gasteiger partial charge in [0.1, 0.15) is 12.7 Å². The first kappa shape index (κ1) is 23.3. The van der Waals surface area contributed by atoms with E-state index in [0.29, 0.717) is 6.07 Å². The molecule has 12 heteroatoms. The van der Waals surface area contributed by atoms with Crippen LogP contribution in [0, 0.1) is 0 Å². The van der Waals surface area contributed by atoms with E-state index in [1.807, 2.05) is 0 Å². The molecule has 0 unspecified atom stereocenters. The minimum atomic E-state index is -5.17. The highest BCUT2D eigenvalue weighted by Crippen LogP contribution is 2.44. The predicted molar refractivity (Wildman–Crippen MR) is 114 cm³/mol. The summed E-state index contributed by atoms with van der Waals surface area (Å²) in [6.45, 7) is 6.45. The quantitative estimate of drug-likeness (QED) is 0.177. The van der Waals surface area contributed by atoms with Gasteiger partial charge in [-0.25, -0.2) is 9.59 Å². The highest BCUT2D eigenvalue weighted by Gasteiger charge is 2.39. The van der Waals surface area contributed by atoms with Gasteiger partial charge in [-0.2, -0.15) is 8.42 Å². The summed E-state index contributed by atoms with van der Waals surface area (Å²) in [4.78, 5) is 49.3. The van der Waals surface area contributed by atoms with E-state index in [2.05, 4.69) is 29.1 Å². The van der Waals surface area contributed by atoms with Gasteiger partial charge in [0.25, 0.3) is 10.1 Å². The molecule has 32 heavy (non-hydrogen) atoms. The number of fused-ring (bicyclic) bond motifs is 2. The molecule has 0 spiro atoms. The summed E-state index contributed by atoms with van der Waals surface area (Å²) in [5, 5.41) is 0. The van der Waals surface area contributed by atoms with Crippen LogP contribution in [0.25, 0.3) is 0 Å². The predicted octanol–water partition coefficient (Wildman–Crippen LogP) is 2.11. The molecule has 9 nitrogen and oxygen atoms in total. The topological polar surface area (TPSA) is 141 Å². The zero-order valence-corrected chi connectivity index (χ0v) is 18.3. The molecule has 0 fully saturated rings. The zero-order chi connectivity index (χ0) is 24.0. The van der Waals surface area contributed by atoms with Gasteiger partial charge >= 0.3 is 11.9 Å². The Kier molecular flexibility index (Phi) is 6.05. The molecule has 0 bridgehead atoms. The van der Waals surface area contributed by atoms with E-state index in [0.717, 1.165) is 0 Å². The molecule has 0 aliphatic heterocycles. The van der Waals surface area contributed by atoms with E-state index in [4.69, 9.17) is 17.3 Å². The lowest BCUT2D eigenvalue weighted by atomic mass is 9.83. The van der Waals surface area contributed by atoms with Crippen molar-refractivity contribution in [2.45, 2.75) is 4.90 Å². The van der Waals surface area contributed by atoms with Crippen LogP contribution >= 0.6 is 15.9 Å². The highest BCUT2D eigenvalue weighted by atomic mass is 79.9.